The normalized spacial score (nSPS) is 14.4. The van der Waals surface area contributed by atoms with Crippen molar-refractivity contribution in [2.75, 3.05) is 18.0 Å². The summed E-state index contributed by atoms with van der Waals surface area (Å²) in [6.07, 6.45) is 4.49. The van der Waals surface area contributed by atoms with E-state index in [1.807, 2.05) is 25.1 Å². The van der Waals surface area contributed by atoms with E-state index in [4.69, 9.17) is 11.6 Å². The van der Waals surface area contributed by atoms with E-state index in [1.54, 1.807) is 28.8 Å². The van der Waals surface area contributed by atoms with Gasteiger partial charge in [0.2, 0.25) is 0 Å². The lowest BCUT2D eigenvalue weighted by molar-refractivity contribution is 0.0944. The molecule has 1 aliphatic heterocycles. The molecule has 1 saturated heterocycles. The number of halogens is 2. The Bertz CT molecular complexity index is 1330. The number of rotatable bonds is 6. The van der Waals surface area contributed by atoms with Crippen LogP contribution in [0.1, 0.15) is 53.0 Å². The Balaban J connectivity index is 1.20. The van der Waals surface area contributed by atoms with Crippen LogP contribution in [0.3, 0.4) is 0 Å². The molecule has 35 heavy (non-hydrogen) atoms. The lowest BCUT2D eigenvalue weighted by Gasteiger charge is -2.34. The SMILES string of the molecule is CCc1nc2ccc(Cl)cn2c1C(=O)NCc1ccc(N2CCC(c3ccc(F)cc3)CC2)cc1. The molecule has 1 N–H and O–H groups in total. The van der Waals surface area contributed by atoms with Crippen LogP contribution >= 0.6 is 11.6 Å². The van der Waals surface area contributed by atoms with Crippen LogP contribution < -0.4 is 10.2 Å². The lowest BCUT2D eigenvalue weighted by atomic mass is 9.89. The zero-order valence-electron chi connectivity index (χ0n) is 19.7. The first kappa shape index (κ1) is 23.4. The molecule has 0 radical (unpaired) electrons. The number of piperidine rings is 1. The van der Waals surface area contributed by atoms with Crippen molar-refractivity contribution in [2.24, 2.45) is 0 Å². The summed E-state index contributed by atoms with van der Waals surface area (Å²) >= 11 is 6.15. The molecule has 5 rings (SSSR count). The van der Waals surface area contributed by atoms with Gasteiger partial charge in [0.15, 0.2) is 0 Å². The monoisotopic (exact) mass is 490 g/mol. The number of aryl methyl sites for hydroxylation is 1. The highest BCUT2D eigenvalue weighted by Gasteiger charge is 2.21. The summed E-state index contributed by atoms with van der Waals surface area (Å²) in [5, 5.41) is 3.59. The van der Waals surface area contributed by atoms with E-state index in [-0.39, 0.29) is 11.7 Å². The summed E-state index contributed by atoms with van der Waals surface area (Å²) in [4.78, 5) is 20.0. The maximum atomic E-state index is 13.2. The number of hydrogen-bond donors (Lipinski definition) is 1. The zero-order valence-corrected chi connectivity index (χ0v) is 20.4. The quantitative estimate of drug-likeness (QED) is 0.360. The molecule has 5 nitrogen and oxygen atoms in total. The van der Waals surface area contributed by atoms with E-state index in [0.717, 1.165) is 37.2 Å². The number of nitrogens with one attached hydrogen (secondary N) is 1. The second-order valence-corrected chi connectivity index (χ2v) is 9.43. The molecule has 7 heteroatoms. The largest absolute Gasteiger partial charge is 0.371 e. The summed E-state index contributed by atoms with van der Waals surface area (Å²) in [5.74, 6) is 0.128. The van der Waals surface area contributed by atoms with Gasteiger partial charge in [0, 0.05) is 31.5 Å². The van der Waals surface area contributed by atoms with Crippen LogP contribution in [0, 0.1) is 5.82 Å². The molecule has 1 aliphatic rings. The molecule has 180 valence electrons. The summed E-state index contributed by atoms with van der Waals surface area (Å²) in [5.41, 5.74) is 5.44. The van der Waals surface area contributed by atoms with Gasteiger partial charge in [-0.2, -0.15) is 0 Å². The number of fused-ring (bicyclic) bond motifs is 1. The van der Waals surface area contributed by atoms with E-state index in [9.17, 15) is 9.18 Å². The molecule has 0 atom stereocenters. The van der Waals surface area contributed by atoms with Crippen molar-refractivity contribution in [3.8, 4) is 0 Å². The maximum absolute atomic E-state index is 13.2. The van der Waals surface area contributed by atoms with Gasteiger partial charge in [0.05, 0.1) is 10.7 Å². The molecule has 1 amide bonds. The number of anilines is 1. The topological polar surface area (TPSA) is 49.6 Å². The Morgan fingerprint density at radius 3 is 2.46 bits per heavy atom. The second kappa shape index (κ2) is 10.1. The smallest absolute Gasteiger partial charge is 0.270 e. The fraction of sp³-hybridized carbons (Fsp3) is 0.286. The molecule has 0 spiro atoms. The molecule has 4 aromatic rings. The van der Waals surface area contributed by atoms with Gasteiger partial charge in [0.25, 0.3) is 5.91 Å². The first-order valence-corrected chi connectivity index (χ1v) is 12.4. The minimum atomic E-state index is -0.184. The number of benzene rings is 2. The molecular formula is C28H28ClFN4O. The van der Waals surface area contributed by atoms with Crippen molar-refractivity contribution in [3.63, 3.8) is 0 Å². The number of hydrogen-bond acceptors (Lipinski definition) is 3. The third-order valence-electron chi connectivity index (χ3n) is 6.80. The third-order valence-corrected chi connectivity index (χ3v) is 7.02. The van der Waals surface area contributed by atoms with Crippen molar-refractivity contribution in [1.82, 2.24) is 14.7 Å². The summed E-state index contributed by atoms with van der Waals surface area (Å²) in [7, 11) is 0. The molecule has 2 aromatic heterocycles. The highest BCUT2D eigenvalue weighted by atomic mass is 35.5. The predicted molar refractivity (Wildman–Crippen MR) is 138 cm³/mol. The van der Waals surface area contributed by atoms with Crippen LogP contribution in [-0.2, 0) is 13.0 Å². The fourth-order valence-corrected chi connectivity index (χ4v) is 5.01. The lowest BCUT2D eigenvalue weighted by Crippen LogP contribution is -2.32. The average Bonchev–Trinajstić information content (AvgIpc) is 3.26. The zero-order chi connectivity index (χ0) is 24.4. The number of nitrogens with zero attached hydrogens (tertiary/aromatic N) is 3. The number of imidazole rings is 1. The molecule has 3 heterocycles. The number of carbonyl (C=O) groups is 1. The van der Waals surface area contributed by atoms with Crippen molar-refractivity contribution in [2.45, 2.75) is 38.6 Å². The molecule has 1 fully saturated rings. The van der Waals surface area contributed by atoms with Crippen molar-refractivity contribution in [1.29, 1.82) is 0 Å². The van der Waals surface area contributed by atoms with Gasteiger partial charge in [-0.05, 0) is 72.7 Å². The Morgan fingerprint density at radius 1 is 1.06 bits per heavy atom. The number of aromatic nitrogens is 2. The van der Waals surface area contributed by atoms with E-state index in [2.05, 4.69) is 39.5 Å². The highest BCUT2D eigenvalue weighted by Crippen LogP contribution is 2.30. The Labute approximate surface area is 209 Å². The first-order valence-electron chi connectivity index (χ1n) is 12.1. The minimum Gasteiger partial charge on any atom is -0.371 e. The van der Waals surface area contributed by atoms with Gasteiger partial charge >= 0.3 is 0 Å². The minimum absolute atomic E-state index is 0.163. The van der Waals surface area contributed by atoms with Gasteiger partial charge in [-0.25, -0.2) is 9.37 Å². The summed E-state index contributed by atoms with van der Waals surface area (Å²) in [6.45, 7) is 4.35. The van der Waals surface area contributed by atoms with E-state index >= 15 is 0 Å². The van der Waals surface area contributed by atoms with Crippen molar-refractivity contribution >= 4 is 28.8 Å². The van der Waals surface area contributed by atoms with Crippen LogP contribution in [0.25, 0.3) is 5.65 Å². The van der Waals surface area contributed by atoms with Crippen molar-refractivity contribution in [3.05, 3.63) is 100 Å². The van der Waals surface area contributed by atoms with E-state index < -0.39 is 0 Å². The van der Waals surface area contributed by atoms with Crippen LogP contribution in [-0.4, -0.2) is 28.4 Å². The summed E-state index contributed by atoms with van der Waals surface area (Å²) in [6, 6.07) is 18.9. The van der Waals surface area contributed by atoms with Gasteiger partial charge in [-0.3, -0.25) is 9.20 Å². The van der Waals surface area contributed by atoms with Gasteiger partial charge in [-0.15, -0.1) is 0 Å². The predicted octanol–water partition coefficient (Wildman–Crippen LogP) is 6.00. The number of carbonyl (C=O) groups excluding carboxylic acids is 1. The Kier molecular flexibility index (Phi) is 6.73. The average molecular weight is 491 g/mol. The maximum Gasteiger partial charge on any atom is 0.270 e. The Hall–Kier alpha value is -3.38. The third kappa shape index (κ3) is 5.03. The van der Waals surface area contributed by atoms with Gasteiger partial charge in [-0.1, -0.05) is 42.8 Å². The molecular weight excluding hydrogens is 463 g/mol. The van der Waals surface area contributed by atoms with Crippen LogP contribution in [0.2, 0.25) is 5.02 Å². The number of pyridine rings is 1. The molecule has 0 saturated carbocycles. The van der Waals surface area contributed by atoms with Crippen LogP contribution in [0.5, 0.6) is 0 Å². The van der Waals surface area contributed by atoms with E-state index in [0.29, 0.717) is 35.2 Å². The molecule has 0 unspecified atom stereocenters. The molecule has 2 aromatic carbocycles. The summed E-state index contributed by atoms with van der Waals surface area (Å²) < 4.78 is 15.0. The fourth-order valence-electron chi connectivity index (χ4n) is 4.85. The number of amides is 1. The first-order chi connectivity index (χ1) is 17.0. The van der Waals surface area contributed by atoms with E-state index in [1.165, 1.54) is 11.3 Å². The van der Waals surface area contributed by atoms with Crippen molar-refractivity contribution < 1.29 is 9.18 Å². The van der Waals surface area contributed by atoms with Gasteiger partial charge in [0.1, 0.15) is 17.2 Å². The van der Waals surface area contributed by atoms with Crippen LogP contribution in [0.15, 0.2) is 66.9 Å². The second-order valence-electron chi connectivity index (χ2n) is 9.00. The highest BCUT2D eigenvalue weighted by molar-refractivity contribution is 6.30. The standard InChI is InChI=1S/C28H28ClFN4O/c1-2-25-27(34-18-22(29)7-12-26(34)32-25)28(35)31-17-19-3-10-24(11-4-19)33-15-13-21(14-16-33)20-5-8-23(30)9-6-20/h3-12,18,21H,2,13-17H2,1H3,(H,31,35). The molecule has 0 aliphatic carbocycles. The molecule has 0 bridgehead atoms. The van der Waals surface area contributed by atoms with Gasteiger partial charge < -0.3 is 10.2 Å². The van der Waals surface area contributed by atoms with Crippen LogP contribution in [0.4, 0.5) is 10.1 Å². The Morgan fingerprint density at radius 2 is 1.77 bits per heavy atom.